The highest BCUT2D eigenvalue weighted by Crippen LogP contribution is 2.42. The lowest BCUT2D eigenvalue weighted by Gasteiger charge is -2.24. The second kappa shape index (κ2) is 6.94. The predicted molar refractivity (Wildman–Crippen MR) is 108 cm³/mol. The average Bonchev–Trinajstić information content (AvgIpc) is 3.45. The number of furan rings is 1. The highest BCUT2D eigenvalue weighted by molar-refractivity contribution is 6.20. The van der Waals surface area contributed by atoms with Gasteiger partial charge in [0.15, 0.2) is 17.3 Å². The minimum absolute atomic E-state index is 0.0270. The highest BCUT2D eigenvalue weighted by Gasteiger charge is 2.46. The fourth-order valence-electron chi connectivity index (χ4n) is 3.73. The third-order valence-electron chi connectivity index (χ3n) is 5.15. The Morgan fingerprint density at radius 2 is 1.87 bits per heavy atom. The first kappa shape index (κ1) is 18.8. The Balaban J connectivity index is 1.66. The Morgan fingerprint density at radius 1 is 1.13 bits per heavy atom. The molecule has 2 aromatic heterocycles. The second-order valence-electron chi connectivity index (χ2n) is 7.16. The lowest BCUT2D eigenvalue weighted by molar-refractivity contribution is -0.117. The molecule has 1 atom stereocenters. The van der Waals surface area contributed by atoms with Crippen LogP contribution in [0.1, 0.15) is 27.9 Å². The van der Waals surface area contributed by atoms with Crippen LogP contribution in [0.3, 0.4) is 0 Å². The summed E-state index contributed by atoms with van der Waals surface area (Å²) in [5.74, 6) is -2.13. The Hall–Kier alpha value is -4.20. The molecular weight excluding hydrogens is 403 g/mol. The van der Waals surface area contributed by atoms with E-state index in [4.69, 9.17) is 8.94 Å². The molecule has 0 saturated heterocycles. The SMILES string of the molecule is Cc1cc(N2C(=O)C(O)=C(C(=O)c3cc4ccccc4o3)C2c2ccc(F)cc2)no1. The van der Waals surface area contributed by atoms with Crippen molar-refractivity contribution in [3.63, 3.8) is 0 Å². The summed E-state index contributed by atoms with van der Waals surface area (Å²) >= 11 is 0. The Bertz CT molecular complexity index is 1330. The zero-order valence-corrected chi connectivity index (χ0v) is 16.2. The van der Waals surface area contributed by atoms with Crippen molar-refractivity contribution in [3.8, 4) is 0 Å². The summed E-state index contributed by atoms with van der Waals surface area (Å²) in [6, 6.07) is 14.4. The quantitative estimate of drug-likeness (QED) is 0.485. The van der Waals surface area contributed by atoms with Crippen molar-refractivity contribution in [2.45, 2.75) is 13.0 Å². The van der Waals surface area contributed by atoms with E-state index in [1.165, 1.54) is 30.3 Å². The molecule has 5 rings (SSSR count). The van der Waals surface area contributed by atoms with Gasteiger partial charge in [0.1, 0.15) is 17.2 Å². The molecule has 3 heterocycles. The van der Waals surface area contributed by atoms with Gasteiger partial charge in [0.05, 0.1) is 11.6 Å². The van der Waals surface area contributed by atoms with Crippen LogP contribution in [0.15, 0.2) is 80.9 Å². The predicted octanol–water partition coefficient (Wildman–Crippen LogP) is 4.65. The summed E-state index contributed by atoms with van der Waals surface area (Å²) in [6.45, 7) is 1.65. The molecule has 1 N–H and O–H groups in total. The number of amides is 1. The van der Waals surface area contributed by atoms with Crippen molar-refractivity contribution in [2.75, 3.05) is 4.90 Å². The number of para-hydroxylation sites is 1. The molecule has 0 bridgehead atoms. The third kappa shape index (κ3) is 3.00. The van der Waals surface area contributed by atoms with Gasteiger partial charge in [-0.05, 0) is 36.8 Å². The summed E-state index contributed by atoms with van der Waals surface area (Å²) < 4.78 is 24.3. The first-order chi connectivity index (χ1) is 14.9. The zero-order chi connectivity index (χ0) is 21.7. The van der Waals surface area contributed by atoms with E-state index in [2.05, 4.69) is 5.16 Å². The fourth-order valence-corrected chi connectivity index (χ4v) is 3.73. The van der Waals surface area contributed by atoms with E-state index in [0.717, 1.165) is 4.90 Å². The minimum atomic E-state index is -1.04. The van der Waals surface area contributed by atoms with Gasteiger partial charge in [0.2, 0.25) is 5.78 Å². The Morgan fingerprint density at radius 3 is 2.55 bits per heavy atom. The molecule has 0 aliphatic carbocycles. The van der Waals surface area contributed by atoms with Crippen molar-refractivity contribution >= 4 is 28.5 Å². The monoisotopic (exact) mass is 418 g/mol. The van der Waals surface area contributed by atoms with Crippen LogP contribution in [-0.2, 0) is 4.79 Å². The lowest BCUT2D eigenvalue weighted by atomic mass is 9.95. The van der Waals surface area contributed by atoms with E-state index >= 15 is 0 Å². The number of Topliss-reactive ketones (excluding diaryl/α,β-unsaturated/α-hetero) is 1. The topological polar surface area (TPSA) is 96.8 Å². The summed E-state index contributed by atoms with van der Waals surface area (Å²) in [5.41, 5.74) is 0.729. The van der Waals surface area contributed by atoms with E-state index in [1.54, 1.807) is 37.3 Å². The van der Waals surface area contributed by atoms with Crippen LogP contribution in [0.5, 0.6) is 0 Å². The summed E-state index contributed by atoms with van der Waals surface area (Å²) in [7, 11) is 0. The number of carbonyl (C=O) groups excluding carboxylic acids is 2. The Labute approximate surface area is 175 Å². The molecule has 0 radical (unpaired) electrons. The van der Waals surface area contributed by atoms with E-state index in [9.17, 15) is 19.1 Å². The standard InChI is InChI=1S/C23H15FN2O5/c1-12-10-18(25-31-12)26-20(13-6-8-15(24)9-7-13)19(22(28)23(26)29)21(27)17-11-14-4-2-3-5-16(14)30-17/h2-11,20,28H,1H3. The molecule has 154 valence electrons. The number of aryl methyl sites for hydroxylation is 1. The molecule has 31 heavy (non-hydrogen) atoms. The van der Waals surface area contributed by atoms with Crippen LogP contribution in [0, 0.1) is 12.7 Å². The molecule has 1 aliphatic heterocycles. The normalized spacial score (nSPS) is 16.5. The van der Waals surface area contributed by atoms with E-state index in [0.29, 0.717) is 22.3 Å². The number of ketones is 1. The number of rotatable bonds is 4. The van der Waals surface area contributed by atoms with Crippen LogP contribution in [-0.4, -0.2) is 22.0 Å². The maximum Gasteiger partial charge on any atom is 0.295 e. The zero-order valence-electron chi connectivity index (χ0n) is 16.2. The van der Waals surface area contributed by atoms with Gasteiger partial charge in [0.25, 0.3) is 5.91 Å². The third-order valence-corrected chi connectivity index (χ3v) is 5.15. The van der Waals surface area contributed by atoms with Crippen molar-refractivity contribution in [1.29, 1.82) is 0 Å². The number of carbonyl (C=O) groups is 2. The number of aliphatic hydroxyl groups is 1. The number of nitrogens with zero attached hydrogens (tertiary/aromatic N) is 2. The smallest absolute Gasteiger partial charge is 0.295 e. The highest BCUT2D eigenvalue weighted by atomic mass is 19.1. The van der Waals surface area contributed by atoms with Crippen LogP contribution in [0.2, 0.25) is 0 Å². The van der Waals surface area contributed by atoms with E-state index in [1.807, 2.05) is 0 Å². The van der Waals surface area contributed by atoms with Gasteiger partial charge in [-0.3, -0.25) is 14.5 Å². The first-order valence-corrected chi connectivity index (χ1v) is 9.43. The number of aromatic nitrogens is 1. The van der Waals surface area contributed by atoms with Crippen molar-refractivity contribution < 1.29 is 28.0 Å². The molecule has 0 spiro atoms. The number of fused-ring (bicyclic) bond motifs is 1. The van der Waals surface area contributed by atoms with Crippen molar-refractivity contribution in [2.24, 2.45) is 0 Å². The number of halogens is 1. The van der Waals surface area contributed by atoms with Crippen LogP contribution >= 0.6 is 0 Å². The number of anilines is 1. The van der Waals surface area contributed by atoms with Gasteiger partial charge in [-0.2, -0.15) is 0 Å². The number of hydrogen-bond acceptors (Lipinski definition) is 6. The van der Waals surface area contributed by atoms with Crippen molar-refractivity contribution in [1.82, 2.24) is 5.16 Å². The van der Waals surface area contributed by atoms with Gasteiger partial charge >= 0.3 is 0 Å². The molecule has 2 aromatic carbocycles. The van der Waals surface area contributed by atoms with Crippen molar-refractivity contribution in [3.05, 3.63) is 94.9 Å². The lowest BCUT2D eigenvalue weighted by Crippen LogP contribution is -2.31. The molecule has 1 unspecified atom stereocenters. The number of aliphatic hydroxyl groups excluding tert-OH is 1. The van der Waals surface area contributed by atoms with Crippen LogP contribution in [0.25, 0.3) is 11.0 Å². The molecule has 7 nitrogen and oxygen atoms in total. The maximum atomic E-state index is 13.5. The Kier molecular flexibility index (Phi) is 4.21. The minimum Gasteiger partial charge on any atom is -0.503 e. The number of hydrogen-bond donors (Lipinski definition) is 1. The average molecular weight is 418 g/mol. The number of benzene rings is 2. The van der Waals surface area contributed by atoms with Crippen LogP contribution < -0.4 is 4.90 Å². The molecule has 0 saturated carbocycles. The second-order valence-corrected chi connectivity index (χ2v) is 7.16. The van der Waals surface area contributed by atoms with Gasteiger partial charge in [0, 0.05) is 11.5 Å². The maximum absolute atomic E-state index is 13.5. The molecule has 8 heteroatoms. The molecule has 1 amide bonds. The molecule has 1 aliphatic rings. The molecular formula is C23H15FN2O5. The van der Waals surface area contributed by atoms with Gasteiger partial charge < -0.3 is 14.0 Å². The summed E-state index contributed by atoms with van der Waals surface area (Å²) in [5, 5.41) is 15.2. The summed E-state index contributed by atoms with van der Waals surface area (Å²) in [6.07, 6.45) is 0. The fraction of sp³-hybridized carbons (Fsp3) is 0.0870. The van der Waals surface area contributed by atoms with Gasteiger partial charge in [-0.15, -0.1) is 0 Å². The summed E-state index contributed by atoms with van der Waals surface area (Å²) in [4.78, 5) is 27.5. The first-order valence-electron chi connectivity index (χ1n) is 9.43. The molecule has 4 aromatic rings. The molecule has 0 fully saturated rings. The van der Waals surface area contributed by atoms with Gasteiger partial charge in [-0.25, -0.2) is 4.39 Å². The van der Waals surface area contributed by atoms with Crippen LogP contribution in [0.4, 0.5) is 10.2 Å². The largest absolute Gasteiger partial charge is 0.503 e. The van der Waals surface area contributed by atoms with Gasteiger partial charge in [-0.1, -0.05) is 35.5 Å². The van der Waals surface area contributed by atoms with E-state index in [-0.39, 0.29) is 17.2 Å². The van der Waals surface area contributed by atoms with E-state index < -0.39 is 29.3 Å².